The van der Waals surface area contributed by atoms with Crippen molar-refractivity contribution in [2.75, 3.05) is 0 Å². The van der Waals surface area contributed by atoms with Crippen molar-refractivity contribution in [3.05, 3.63) is 59.7 Å². The number of hydrogen-bond donors (Lipinski definition) is 1. The zero-order chi connectivity index (χ0) is 15.2. The number of benzene rings is 1. The van der Waals surface area contributed by atoms with E-state index in [-0.39, 0.29) is 5.91 Å². The van der Waals surface area contributed by atoms with Crippen molar-refractivity contribution in [2.24, 2.45) is 11.0 Å². The molecule has 2 rings (SSSR count). The molecule has 1 aromatic rings. The first-order valence-electron chi connectivity index (χ1n) is 7.28. The van der Waals surface area contributed by atoms with Gasteiger partial charge in [0.15, 0.2) is 0 Å². The van der Waals surface area contributed by atoms with Crippen LogP contribution in [-0.4, -0.2) is 11.6 Å². The molecule has 1 aliphatic rings. The van der Waals surface area contributed by atoms with Gasteiger partial charge in [-0.15, -0.1) is 0 Å². The lowest BCUT2D eigenvalue weighted by Gasteiger charge is -2.22. The first-order chi connectivity index (χ1) is 10.1. The number of carbonyl (C=O) groups is 1. The lowest BCUT2D eigenvalue weighted by Crippen LogP contribution is -2.24. The lowest BCUT2D eigenvalue weighted by atomic mass is 9.85. The van der Waals surface area contributed by atoms with Crippen LogP contribution in [0.1, 0.15) is 32.3 Å². The summed E-state index contributed by atoms with van der Waals surface area (Å²) < 4.78 is 0. The number of hydrazone groups is 1. The SMILES string of the molecule is C=C(C)C1CC=C(C)/C(=N/NC(=O)Cc2ccccc2)C1. The third-order valence-corrected chi connectivity index (χ3v) is 3.82. The highest BCUT2D eigenvalue weighted by Gasteiger charge is 2.18. The van der Waals surface area contributed by atoms with E-state index < -0.39 is 0 Å². The molecule has 1 aliphatic carbocycles. The number of nitrogens with zero attached hydrogens (tertiary/aromatic N) is 1. The van der Waals surface area contributed by atoms with Crippen LogP contribution in [0.5, 0.6) is 0 Å². The summed E-state index contributed by atoms with van der Waals surface area (Å²) in [6.45, 7) is 8.10. The van der Waals surface area contributed by atoms with Crippen LogP contribution in [0.3, 0.4) is 0 Å². The van der Waals surface area contributed by atoms with Crippen LogP contribution in [0.2, 0.25) is 0 Å². The van der Waals surface area contributed by atoms with E-state index in [2.05, 4.69) is 23.2 Å². The van der Waals surface area contributed by atoms with E-state index in [1.807, 2.05) is 44.2 Å². The van der Waals surface area contributed by atoms with Gasteiger partial charge in [-0.2, -0.15) is 5.10 Å². The quantitative estimate of drug-likeness (QED) is 0.665. The standard InChI is InChI=1S/C18H22N2O/c1-13(2)16-10-9-14(3)17(12-16)19-20-18(21)11-15-7-5-4-6-8-15/h4-9,16H,1,10-12H2,2-3H3,(H,20,21)/b19-17+. The van der Waals surface area contributed by atoms with E-state index in [4.69, 9.17) is 0 Å². The summed E-state index contributed by atoms with van der Waals surface area (Å²) in [6.07, 6.45) is 4.39. The summed E-state index contributed by atoms with van der Waals surface area (Å²) in [5, 5.41) is 4.30. The molecular weight excluding hydrogens is 260 g/mol. The van der Waals surface area contributed by atoms with Crippen LogP contribution >= 0.6 is 0 Å². The molecule has 1 unspecified atom stereocenters. The average Bonchev–Trinajstić information content (AvgIpc) is 2.47. The number of allylic oxidation sites excluding steroid dienone is 3. The molecule has 0 bridgehead atoms. The molecule has 0 heterocycles. The molecule has 3 heteroatoms. The first-order valence-corrected chi connectivity index (χ1v) is 7.28. The van der Waals surface area contributed by atoms with Crippen LogP contribution in [-0.2, 0) is 11.2 Å². The first kappa shape index (κ1) is 15.2. The van der Waals surface area contributed by atoms with Crippen molar-refractivity contribution in [3.8, 4) is 0 Å². The smallest absolute Gasteiger partial charge is 0.244 e. The van der Waals surface area contributed by atoms with Crippen LogP contribution in [0.4, 0.5) is 0 Å². The van der Waals surface area contributed by atoms with E-state index >= 15 is 0 Å². The monoisotopic (exact) mass is 282 g/mol. The fourth-order valence-electron chi connectivity index (χ4n) is 2.37. The van der Waals surface area contributed by atoms with Crippen molar-refractivity contribution in [1.29, 1.82) is 0 Å². The second kappa shape index (κ2) is 7.02. The molecule has 21 heavy (non-hydrogen) atoms. The highest BCUT2D eigenvalue weighted by atomic mass is 16.2. The van der Waals surface area contributed by atoms with E-state index in [1.165, 1.54) is 5.57 Å². The number of amides is 1. The van der Waals surface area contributed by atoms with E-state index in [0.29, 0.717) is 12.3 Å². The lowest BCUT2D eigenvalue weighted by molar-refractivity contribution is -0.120. The summed E-state index contributed by atoms with van der Waals surface area (Å²) in [6, 6.07) is 9.68. The van der Waals surface area contributed by atoms with E-state index in [1.54, 1.807) is 0 Å². The van der Waals surface area contributed by atoms with Crippen LogP contribution in [0, 0.1) is 5.92 Å². The Morgan fingerprint density at radius 3 is 2.76 bits per heavy atom. The zero-order valence-electron chi connectivity index (χ0n) is 12.7. The van der Waals surface area contributed by atoms with Gasteiger partial charge in [0, 0.05) is 0 Å². The predicted molar refractivity (Wildman–Crippen MR) is 87.0 cm³/mol. The Balaban J connectivity index is 1.96. The topological polar surface area (TPSA) is 41.5 Å². The zero-order valence-corrected chi connectivity index (χ0v) is 12.7. The van der Waals surface area contributed by atoms with Gasteiger partial charge in [-0.25, -0.2) is 5.43 Å². The van der Waals surface area contributed by atoms with Crippen molar-refractivity contribution in [3.63, 3.8) is 0 Å². The van der Waals surface area contributed by atoms with Crippen LogP contribution < -0.4 is 5.43 Å². The molecule has 1 N–H and O–H groups in total. The molecule has 1 atom stereocenters. The highest BCUT2D eigenvalue weighted by Crippen LogP contribution is 2.26. The van der Waals surface area contributed by atoms with E-state index in [0.717, 1.165) is 29.7 Å². The fraction of sp³-hybridized carbons (Fsp3) is 0.333. The number of carbonyl (C=O) groups excluding carboxylic acids is 1. The molecule has 0 saturated heterocycles. The van der Waals surface area contributed by atoms with Gasteiger partial charge in [0.25, 0.3) is 0 Å². The summed E-state index contributed by atoms with van der Waals surface area (Å²) >= 11 is 0. The van der Waals surface area contributed by atoms with Gasteiger partial charge >= 0.3 is 0 Å². The molecule has 0 spiro atoms. The van der Waals surface area contributed by atoms with Crippen LogP contribution in [0.25, 0.3) is 0 Å². The second-order valence-electron chi connectivity index (χ2n) is 5.63. The Hall–Kier alpha value is -2.16. The molecule has 0 fully saturated rings. The molecule has 3 nitrogen and oxygen atoms in total. The highest BCUT2D eigenvalue weighted by molar-refractivity contribution is 6.01. The Morgan fingerprint density at radius 2 is 2.10 bits per heavy atom. The Labute approximate surface area is 126 Å². The largest absolute Gasteiger partial charge is 0.273 e. The number of nitrogens with one attached hydrogen (secondary N) is 1. The summed E-state index contributed by atoms with van der Waals surface area (Å²) in [4.78, 5) is 11.9. The van der Waals surface area contributed by atoms with Gasteiger partial charge in [-0.1, -0.05) is 48.6 Å². The van der Waals surface area contributed by atoms with Gasteiger partial charge in [0.2, 0.25) is 5.91 Å². The molecule has 0 saturated carbocycles. The normalized spacial score (nSPS) is 20.0. The van der Waals surface area contributed by atoms with Crippen molar-refractivity contribution < 1.29 is 4.79 Å². The molecule has 1 amide bonds. The van der Waals surface area contributed by atoms with Gasteiger partial charge in [0.1, 0.15) is 0 Å². The maximum absolute atomic E-state index is 11.9. The van der Waals surface area contributed by atoms with Crippen molar-refractivity contribution in [2.45, 2.75) is 33.1 Å². The third kappa shape index (κ3) is 4.42. The maximum atomic E-state index is 11.9. The Morgan fingerprint density at radius 1 is 1.38 bits per heavy atom. The summed E-state index contributed by atoms with van der Waals surface area (Å²) in [5.41, 5.74) is 6.93. The molecule has 110 valence electrons. The molecule has 0 aliphatic heterocycles. The molecule has 0 aromatic heterocycles. The maximum Gasteiger partial charge on any atom is 0.244 e. The minimum Gasteiger partial charge on any atom is -0.273 e. The fourth-order valence-corrected chi connectivity index (χ4v) is 2.37. The van der Waals surface area contributed by atoms with Gasteiger partial charge in [-0.05, 0) is 43.7 Å². The second-order valence-corrected chi connectivity index (χ2v) is 5.63. The van der Waals surface area contributed by atoms with Crippen molar-refractivity contribution >= 4 is 11.6 Å². The predicted octanol–water partition coefficient (Wildman–Crippen LogP) is 3.63. The average molecular weight is 282 g/mol. The number of hydrogen-bond acceptors (Lipinski definition) is 2. The minimum absolute atomic E-state index is 0.0843. The third-order valence-electron chi connectivity index (χ3n) is 3.82. The number of rotatable bonds is 4. The van der Waals surface area contributed by atoms with Gasteiger partial charge < -0.3 is 0 Å². The molecule has 1 aromatic carbocycles. The summed E-state index contributed by atoms with van der Waals surface area (Å²) in [7, 11) is 0. The van der Waals surface area contributed by atoms with Crippen LogP contribution in [0.15, 0.2) is 59.2 Å². The minimum atomic E-state index is -0.0843. The summed E-state index contributed by atoms with van der Waals surface area (Å²) in [5.74, 6) is 0.345. The van der Waals surface area contributed by atoms with E-state index in [9.17, 15) is 4.79 Å². The van der Waals surface area contributed by atoms with Gasteiger partial charge in [0.05, 0.1) is 12.1 Å². The van der Waals surface area contributed by atoms with Gasteiger partial charge in [-0.3, -0.25) is 4.79 Å². The Kier molecular flexibility index (Phi) is 5.09. The molecule has 0 radical (unpaired) electrons. The Bertz CT molecular complexity index is 584. The molecular formula is C18H22N2O. The van der Waals surface area contributed by atoms with Crippen molar-refractivity contribution in [1.82, 2.24) is 5.43 Å².